The molecule has 0 aliphatic carbocycles. The molecule has 13 heteroatoms. The molecule has 0 unspecified atom stereocenters. The first-order valence-electron chi connectivity index (χ1n) is 14.7. The summed E-state index contributed by atoms with van der Waals surface area (Å²) >= 11 is 0. The third-order valence-electron chi connectivity index (χ3n) is 7.10. The van der Waals surface area contributed by atoms with Crippen LogP contribution < -0.4 is 21.3 Å². The largest absolute Gasteiger partial charge is 0.463 e. The van der Waals surface area contributed by atoms with Gasteiger partial charge in [0.05, 0.1) is 6.61 Å². The number of nitrogens with zero attached hydrogens (tertiary/aromatic N) is 1. The van der Waals surface area contributed by atoms with Crippen molar-refractivity contribution in [2.24, 2.45) is 11.8 Å². The average Bonchev–Trinajstić information content (AvgIpc) is 3.42. The molecule has 1 aliphatic heterocycles. The molecule has 1 aliphatic rings. The van der Waals surface area contributed by atoms with Gasteiger partial charge in [-0.15, -0.1) is 0 Å². The van der Waals surface area contributed by atoms with Gasteiger partial charge in [-0.05, 0) is 56.7 Å². The average molecular weight is 614 g/mol. The van der Waals surface area contributed by atoms with Gasteiger partial charge in [-0.3, -0.25) is 19.2 Å². The second-order valence-corrected chi connectivity index (χ2v) is 11.0. The lowest BCUT2D eigenvalue weighted by Crippen LogP contribution is -2.57. The molecule has 3 rings (SSSR count). The van der Waals surface area contributed by atoms with Crippen LogP contribution in [-0.4, -0.2) is 66.0 Å². The lowest BCUT2D eigenvalue weighted by Gasteiger charge is -2.28. The van der Waals surface area contributed by atoms with Crippen LogP contribution in [0.4, 0.5) is 4.39 Å². The number of aromatic nitrogens is 1. The topological polar surface area (TPSA) is 169 Å². The summed E-state index contributed by atoms with van der Waals surface area (Å²) in [5, 5.41) is 14.7. The monoisotopic (exact) mass is 613 g/mol. The summed E-state index contributed by atoms with van der Waals surface area (Å²) in [7, 11) is 0. The molecule has 12 nitrogen and oxygen atoms in total. The summed E-state index contributed by atoms with van der Waals surface area (Å²) in [4.78, 5) is 64.5. The third kappa shape index (κ3) is 10.3. The van der Waals surface area contributed by atoms with Gasteiger partial charge >= 0.3 is 5.97 Å². The van der Waals surface area contributed by atoms with Gasteiger partial charge in [-0.1, -0.05) is 37.2 Å². The molecule has 0 radical (unpaired) electrons. The number of carbonyl (C=O) groups excluding carboxylic acids is 5. The number of hydrogen-bond donors (Lipinski definition) is 4. The normalized spacial score (nSPS) is 17.0. The lowest BCUT2D eigenvalue weighted by atomic mass is 9.91. The van der Waals surface area contributed by atoms with Crippen LogP contribution in [-0.2, 0) is 30.3 Å². The summed E-state index contributed by atoms with van der Waals surface area (Å²) in [6.45, 7) is 7.50. The fourth-order valence-corrected chi connectivity index (χ4v) is 4.77. The molecule has 1 saturated heterocycles. The van der Waals surface area contributed by atoms with Crippen molar-refractivity contribution in [3.05, 3.63) is 65.3 Å². The van der Waals surface area contributed by atoms with Gasteiger partial charge in [0.25, 0.3) is 5.91 Å². The Kier molecular flexibility index (Phi) is 12.6. The fraction of sp³-hybridized carbons (Fsp3) is 0.484. The molecular formula is C31H40FN5O7. The minimum Gasteiger partial charge on any atom is -0.463 e. The zero-order valence-corrected chi connectivity index (χ0v) is 25.4. The molecule has 1 aromatic heterocycles. The number of benzene rings is 1. The van der Waals surface area contributed by atoms with Crippen LogP contribution in [0.5, 0.6) is 0 Å². The van der Waals surface area contributed by atoms with E-state index in [-0.39, 0.29) is 37.0 Å². The van der Waals surface area contributed by atoms with Crippen LogP contribution in [0, 0.1) is 24.6 Å². The Morgan fingerprint density at radius 2 is 1.86 bits per heavy atom. The smallest absolute Gasteiger partial charge is 0.330 e. The molecule has 4 amide bonds. The first-order valence-corrected chi connectivity index (χ1v) is 14.7. The molecule has 2 heterocycles. The van der Waals surface area contributed by atoms with Crippen molar-refractivity contribution in [3.63, 3.8) is 0 Å². The number of amides is 4. The quantitative estimate of drug-likeness (QED) is 0.186. The molecule has 4 N–H and O–H groups in total. The molecule has 4 atom stereocenters. The van der Waals surface area contributed by atoms with Crippen molar-refractivity contribution in [2.45, 2.75) is 71.5 Å². The number of halogens is 1. The van der Waals surface area contributed by atoms with Crippen molar-refractivity contribution in [1.29, 1.82) is 0 Å². The first kappa shape index (κ1) is 33.9. The van der Waals surface area contributed by atoms with Gasteiger partial charge in [-0.2, -0.15) is 0 Å². The van der Waals surface area contributed by atoms with Crippen LogP contribution in [0.1, 0.15) is 61.8 Å². The highest BCUT2D eigenvalue weighted by atomic mass is 19.1. The summed E-state index contributed by atoms with van der Waals surface area (Å²) in [6.07, 6.45) is 4.26. The Morgan fingerprint density at radius 3 is 2.48 bits per heavy atom. The van der Waals surface area contributed by atoms with Gasteiger partial charge in [0, 0.05) is 37.1 Å². The van der Waals surface area contributed by atoms with Crippen molar-refractivity contribution >= 4 is 29.6 Å². The number of hydrogen-bond acceptors (Lipinski definition) is 8. The molecular weight excluding hydrogens is 573 g/mol. The van der Waals surface area contributed by atoms with Crippen molar-refractivity contribution in [3.8, 4) is 0 Å². The van der Waals surface area contributed by atoms with Crippen LogP contribution in [0.2, 0.25) is 0 Å². The van der Waals surface area contributed by atoms with Gasteiger partial charge in [-0.25, -0.2) is 9.18 Å². The maximum Gasteiger partial charge on any atom is 0.330 e. The molecule has 44 heavy (non-hydrogen) atoms. The van der Waals surface area contributed by atoms with E-state index >= 15 is 0 Å². The van der Waals surface area contributed by atoms with Gasteiger partial charge in [0.2, 0.25) is 17.7 Å². The second-order valence-electron chi connectivity index (χ2n) is 11.0. The minimum atomic E-state index is -1.15. The van der Waals surface area contributed by atoms with Crippen molar-refractivity contribution in [1.82, 2.24) is 26.4 Å². The molecule has 0 bridgehead atoms. The molecule has 0 saturated carbocycles. The van der Waals surface area contributed by atoms with E-state index < -0.39 is 53.6 Å². The zero-order chi connectivity index (χ0) is 32.2. The maximum atomic E-state index is 13.7. The summed E-state index contributed by atoms with van der Waals surface area (Å²) < 4.78 is 23.5. The zero-order valence-electron chi connectivity index (χ0n) is 25.4. The predicted molar refractivity (Wildman–Crippen MR) is 157 cm³/mol. The summed E-state index contributed by atoms with van der Waals surface area (Å²) in [5.74, 6) is -3.39. The van der Waals surface area contributed by atoms with Crippen LogP contribution in [0.15, 0.2) is 47.0 Å². The summed E-state index contributed by atoms with van der Waals surface area (Å²) in [6, 6.07) is 4.00. The molecule has 1 fully saturated rings. The number of piperidine rings is 1. The Bertz CT molecular complexity index is 1340. The van der Waals surface area contributed by atoms with Crippen molar-refractivity contribution in [2.75, 3.05) is 13.2 Å². The van der Waals surface area contributed by atoms with Crippen LogP contribution in [0.3, 0.4) is 0 Å². The van der Waals surface area contributed by atoms with Gasteiger partial charge in [0.15, 0.2) is 5.69 Å². The standard InChI is InChI=1S/C31H40FN5O7/c1-5-43-26(38)13-12-23(17-21-7-6-14-33-28(21)39)34-29(40)24(16-20-8-10-22(32)11-9-20)35-31(42)27(18(2)3)36-30(41)25-15-19(4)44-37-25/h8-13,15,18,21,23-24,27H,5-7,14,16-17H2,1-4H3,(H,33,39)(H,34,40)(H,35,42)(H,36,41)/t21-,23+,24-,27-/m0/s1. The second kappa shape index (κ2) is 16.3. The van der Waals surface area contributed by atoms with Crippen LogP contribution >= 0.6 is 0 Å². The highest BCUT2D eigenvalue weighted by molar-refractivity contribution is 5.97. The van der Waals surface area contributed by atoms with E-state index in [1.54, 1.807) is 27.7 Å². The molecule has 238 valence electrons. The van der Waals surface area contributed by atoms with Crippen molar-refractivity contribution < 1.29 is 37.6 Å². The number of aryl methyl sites for hydroxylation is 1. The Morgan fingerprint density at radius 1 is 1.14 bits per heavy atom. The van der Waals surface area contributed by atoms with E-state index in [0.29, 0.717) is 24.3 Å². The number of carbonyl (C=O) groups is 5. The van der Waals surface area contributed by atoms with E-state index in [9.17, 15) is 28.4 Å². The first-order chi connectivity index (χ1) is 21.0. The molecule has 1 aromatic carbocycles. The predicted octanol–water partition coefficient (Wildman–Crippen LogP) is 2.12. The lowest BCUT2D eigenvalue weighted by molar-refractivity contribution is -0.137. The minimum absolute atomic E-state index is 0.00266. The molecule has 2 aromatic rings. The van der Waals surface area contributed by atoms with Gasteiger partial charge < -0.3 is 30.5 Å². The Hall–Kier alpha value is -4.55. The SMILES string of the molecule is CCOC(=O)C=C[C@H](C[C@@H]1CCCNC1=O)NC(=O)[C@H](Cc1ccc(F)cc1)NC(=O)[C@@H](NC(=O)c1cc(C)on1)C(C)C. The number of rotatable bonds is 14. The van der Waals surface area contributed by atoms with Gasteiger partial charge in [0.1, 0.15) is 23.7 Å². The number of esters is 1. The maximum absolute atomic E-state index is 13.7. The fourth-order valence-electron chi connectivity index (χ4n) is 4.77. The number of nitrogens with one attached hydrogen (secondary N) is 4. The highest BCUT2D eigenvalue weighted by Crippen LogP contribution is 2.19. The summed E-state index contributed by atoms with van der Waals surface area (Å²) in [5.41, 5.74) is 0.574. The van der Waals surface area contributed by atoms with E-state index in [2.05, 4.69) is 26.4 Å². The Labute approximate surface area is 255 Å². The van der Waals surface area contributed by atoms with E-state index in [1.807, 2.05) is 0 Å². The van der Waals surface area contributed by atoms with E-state index in [0.717, 1.165) is 6.42 Å². The Balaban J connectivity index is 1.83. The highest BCUT2D eigenvalue weighted by Gasteiger charge is 2.32. The molecule has 0 spiro atoms. The van der Waals surface area contributed by atoms with E-state index in [1.165, 1.54) is 42.5 Å². The third-order valence-corrected chi connectivity index (χ3v) is 7.10. The van der Waals surface area contributed by atoms with E-state index in [4.69, 9.17) is 9.26 Å². The number of ether oxygens (including phenoxy) is 1. The van der Waals surface area contributed by atoms with Crippen LogP contribution in [0.25, 0.3) is 0 Å².